The van der Waals surface area contributed by atoms with Gasteiger partial charge in [-0.05, 0) is 30.7 Å². The van der Waals surface area contributed by atoms with E-state index in [0.717, 1.165) is 28.7 Å². The van der Waals surface area contributed by atoms with Crippen LogP contribution in [-0.2, 0) is 5.54 Å². The fourth-order valence-corrected chi connectivity index (χ4v) is 4.53. The van der Waals surface area contributed by atoms with Crippen LogP contribution in [0.5, 0.6) is 0 Å². The van der Waals surface area contributed by atoms with E-state index in [1.54, 1.807) is 6.07 Å². The van der Waals surface area contributed by atoms with Gasteiger partial charge in [0, 0.05) is 24.9 Å². The van der Waals surface area contributed by atoms with Gasteiger partial charge in [0.05, 0.1) is 5.75 Å². The molecule has 1 unspecified atom stereocenters. The number of aromatic nitrogens is 1. The Kier molecular flexibility index (Phi) is 5.51. The summed E-state index contributed by atoms with van der Waals surface area (Å²) in [5.41, 5.74) is 3.90. The summed E-state index contributed by atoms with van der Waals surface area (Å²) in [6.45, 7) is 1.49. The van der Waals surface area contributed by atoms with E-state index < -0.39 is 33.8 Å². The van der Waals surface area contributed by atoms with Crippen molar-refractivity contribution in [2.45, 2.75) is 12.5 Å². The van der Waals surface area contributed by atoms with Gasteiger partial charge in [0.15, 0.2) is 0 Å². The van der Waals surface area contributed by atoms with Gasteiger partial charge in [0.25, 0.3) is 0 Å². The largest absolute Gasteiger partial charge is 0.369 e. The van der Waals surface area contributed by atoms with E-state index in [1.165, 1.54) is 26.1 Å². The summed E-state index contributed by atoms with van der Waals surface area (Å²) in [4.78, 5) is 7.91. The predicted molar refractivity (Wildman–Crippen MR) is 109 cm³/mol. The van der Waals surface area contributed by atoms with Crippen molar-refractivity contribution in [3.05, 3.63) is 64.5 Å². The number of rotatable bonds is 3. The maximum atomic E-state index is 14.6. The molecule has 7 nitrogen and oxygen atoms in total. The molecule has 0 saturated heterocycles. The molecule has 2 aromatic rings. The third kappa shape index (κ3) is 3.97. The van der Waals surface area contributed by atoms with E-state index in [0.29, 0.717) is 0 Å². The Labute approximate surface area is 172 Å². The average molecular weight is 437 g/mol. The van der Waals surface area contributed by atoms with Crippen molar-refractivity contribution in [3.8, 4) is 6.07 Å². The number of halogens is 3. The number of nitrogens with zero attached hydrogens (tertiary/aromatic N) is 4. The molecule has 158 valence electrons. The fourth-order valence-electron chi connectivity index (χ4n) is 3.03. The first-order valence-corrected chi connectivity index (χ1v) is 10.2. The molecule has 1 aliphatic rings. The van der Waals surface area contributed by atoms with Crippen molar-refractivity contribution in [2.24, 2.45) is 10.7 Å². The number of hydrogen-bond acceptors (Lipinski definition) is 7. The fraction of sp³-hybridized carbons (Fsp3) is 0.211. The van der Waals surface area contributed by atoms with Gasteiger partial charge in [-0.2, -0.15) is 5.26 Å². The van der Waals surface area contributed by atoms with Crippen LogP contribution in [0.15, 0.2) is 35.5 Å². The molecule has 0 aliphatic carbocycles. The maximum absolute atomic E-state index is 14.6. The zero-order valence-corrected chi connectivity index (χ0v) is 16.8. The Hall–Kier alpha value is -3.07. The lowest BCUT2D eigenvalue weighted by molar-refractivity contribution is 0.391. The van der Waals surface area contributed by atoms with Gasteiger partial charge in [-0.25, -0.2) is 22.5 Å². The predicted octanol–water partition coefficient (Wildman–Crippen LogP) is 3.84. The normalized spacial score (nSPS) is 22.3. The van der Waals surface area contributed by atoms with Gasteiger partial charge in [-0.3, -0.25) is 14.1 Å². The third-order valence-electron chi connectivity index (χ3n) is 4.68. The van der Waals surface area contributed by atoms with Crippen LogP contribution < -0.4 is 5.73 Å². The van der Waals surface area contributed by atoms with Crippen molar-refractivity contribution >= 4 is 28.6 Å². The summed E-state index contributed by atoms with van der Waals surface area (Å²) in [6, 6.07) is 6.05. The minimum Gasteiger partial charge on any atom is -0.369 e. The SMILES string of the molecule is CN1C(N)=NC(C)(c2cc(C=C(F)c3cc(F)c(C#N)cn3)ccc2F)CS1(O)O. The molecule has 1 aliphatic heterocycles. The highest BCUT2D eigenvalue weighted by Crippen LogP contribution is 2.51. The van der Waals surface area contributed by atoms with Crippen LogP contribution in [0.25, 0.3) is 11.9 Å². The molecule has 4 N–H and O–H groups in total. The van der Waals surface area contributed by atoms with Crippen LogP contribution >= 0.6 is 10.8 Å². The number of aliphatic imine (C=N–C) groups is 1. The summed E-state index contributed by atoms with van der Waals surface area (Å²) < 4.78 is 64.5. The van der Waals surface area contributed by atoms with Crippen molar-refractivity contribution in [1.82, 2.24) is 9.29 Å². The Morgan fingerprint density at radius 2 is 2.03 bits per heavy atom. The van der Waals surface area contributed by atoms with E-state index in [1.807, 2.05) is 0 Å². The van der Waals surface area contributed by atoms with Crippen LogP contribution in [0.3, 0.4) is 0 Å². The van der Waals surface area contributed by atoms with Crippen molar-refractivity contribution < 1.29 is 22.3 Å². The van der Waals surface area contributed by atoms with E-state index in [9.17, 15) is 22.3 Å². The Balaban J connectivity index is 2.03. The highest BCUT2D eigenvalue weighted by Gasteiger charge is 2.41. The number of benzene rings is 1. The first-order chi connectivity index (χ1) is 14.0. The Bertz CT molecular complexity index is 1120. The van der Waals surface area contributed by atoms with Gasteiger partial charge in [-0.15, -0.1) is 10.8 Å². The summed E-state index contributed by atoms with van der Waals surface area (Å²) in [7, 11) is -1.97. The number of nitrogens with two attached hydrogens (primary N) is 1. The minimum atomic E-state index is -3.33. The van der Waals surface area contributed by atoms with Gasteiger partial charge < -0.3 is 5.73 Å². The number of hydrogen-bond donors (Lipinski definition) is 3. The standard InChI is InChI=1S/C19H18F3N5O2S/c1-19(10-30(28,29)27(2)18(24)26-19)13-5-11(3-4-14(13)20)6-16(22)17-7-15(21)12(8-23)9-25-17/h3-7,9,28-29H,10H2,1-2H3,(H2,24,26). The highest BCUT2D eigenvalue weighted by atomic mass is 32.3. The maximum Gasteiger partial charge on any atom is 0.210 e. The molecule has 0 radical (unpaired) electrons. The second-order valence-corrected chi connectivity index (χ2v) is 9.01. The molecule has 1 atom stereocenters. The quantitative estimate of drug-likeness (QED) is 0.671. The second kappa shape index (κ2) is 7.64. The molecule has 30 heavy (non-hydrogen) atoms. The molecular formula is C19H18F3N5O2S. The number of pyridine rings is 1. The molecule has 0 saturated carbocycles. The molecule has 3 rings (SSSR count). The smallest absolute Gasteiger partial charge is 0.210 e. The van der Waals surface area contributed by atoms with Gasteiger partial charge in [-0.1, -0.05) is 6.07 Å². The van der Waals surface area contributed by atoms with Crippen LogP contribution in [-0.4, -0.2) is 37.2 Å². The van der Waals surface area contributed by atoms with Crippen LogP contribution in [0.2, 0.25) is 0 Å². The summed E-state index contributed by atoms with van der Waals surface area (Å²) in [5.74, 6) is -3.00. The van der Waals surface area contributed by atoms with E-state index >= 15 is 0 Å². The van der Waals surface area contributed by atoms with E-state index in [2.05, 4.69) is 9.98 Å². The minimum absolute atomic E-state index is 0.0148. The molecule has 0 fully saturated rings. The van der Waals surface area contributed by atoms with Crippen LogP contribution in [0.4, 0.5) is 13.2 Å². The zero-order valence-electron chi connectivity index (χ0n) is 16.0. The molecule has 0 amide bonds. The lowest BCUT2D eigenvalue weighted by atomic mass is 9.92. The molecule has 0 spiro atoms. The van der Waals surface area contributed by atoms with Crippen molar-refractivity contribution in [3.63, 3.8) is 0 Å². The summed E-state index contributed by atoms with van der Waals surface area (Å²) in [5, 5.41) is 8.73. The topological polar surface area (TPSA) is 119 Å². The molecule has 0 bridgehead atoms. The number of nitriles is 1. The lowest BCUT2D eigenvalue weighted by Crippen LogP contribution is -2.47. The Morgan fingerprint density at radius 3 is 2.63 bits per heavy atom. The molecule has 1 aromatic heterocycles. The van der Waals surface area contributed by atoms with Gasteiger partial charge >= 0.3 is 0 Å². The number of guanidine groups is 1. The van der Waals surface area contributed by atoms with Crippen LogP contribution in [0.1, 0.15) is 29.3 Å². The van der Waals surface area contributed by atoms with Crippen molar-refractivity contribution in [2.75, 3.05) is 12.8 Å². The van der Waals surface area contributed by atoms with Gasteiger partial charge in [0.2, 0.25) is 5.96 Å². The zero-order chi connectivity index (χ0) is 22.3. The molecule has 1 aromatic carbocycles. The first kappa shape index (κ1) is 21.6. The van der Waals surface area contributed by atoms with E-state index in [4.69, 9.17) is 11.0 Å². The monoisotopic (exact) mass is 437 g/mol. The summed E-state index contributed by atoms with van der Waals surface area (Å²) in [6.07, 6.45) is 1.93. The summed E-state index contributed by atoms with van der Waals surface area (Å²) >= 11 is 0. The third-order valence-corrected chi connectivity index (χ3v) is 6.69. The Morgan fingerprint density at radius 1 is 1.33 bits per heavy atom. The highest BCUT2D eigenvalue weighted by molar-refractivity contribution is 8.22. The molecular weight excluding hydrogens is 419 g/mol. The first-order valence-electron chi connectivity index (χ1n) is 8.55. The van der Waals surface area contributed by atoms with E-state index in [-0.39, 0.29) is 34.1 Å². The second-order valence-electron chi connectivity index (χ2n) is 6.91. The van der Waals surface area contributed by atoms with Gasteiger partial charge in [0.1, 0.15) is 40.3 Å². The molecule has 11 heteroatoms. The van der Waals surface area contributed by atoms with Crippen molar-refractivity contribution in [1.29, 1.82) is 5.26 Å². The lowest BCUT2D eigenvalue weighted by Gasteiger charge is -2.49. The molecule has 2 heterocycles. The average Bonchev–Trinajstić information content (AvgIpc) is 2.67. The van der Waals surface area contributed by atoms with Crippen LogP contribution in [0, 0.1) is 23.0 Å².